The Kier molecular flexibility index (Phi) is 6.96. The van der Waals surface area contributed by atoms with Gasteiger partial charge in [-0.05, 0) is 36.8 Å². The molecule has 1 aromatic carbocycles. The summed E-state index contributed by atoms with van der Waals surface area (Å²) >= 11 is 0. The molecule has 1 aromatic rings. The average molecular weight is 415 g/mol. The van der Waals surface area contributed by atoms with Crippen LogP contribution in [0.5, 0.6) is 0 Å². The molecular formula is C22H30N4O4. The fraction of sp³-hybridized carbons (Fsp3) is 0.591. The van der Waals surface area contributed by atoms with Gasteiger partial charge in [0.1, 0.15) is 12.7 Å². The van der Waals surface area contributed by atoms with Gasteiger partial charge in [0.25, 0.3) is 0 Å². The van der Waals surface area contributed by atoms with E-state index < -0.39 is 5.97 Å². The van der Waals surface area contributed by atoms with E-state index in [-0.39, 0.29) is 18.8 Å². The van der Waals surface area contributed by atoms with E-state index in [2.05, 4.69) is 44.4 Å². The zero-order valence-electron chi connectivity index (χ0n) is 17.3. The molecule has 8 nitrogen and oxygen atoms in total. The molecule has 2 fully saturated rings. The first-order chi connectivity index (χ1) is 14.7. The minimum atomic E-state index is -0.909. The van der Waals surface area contributed by atoms with Crippen LogP contribution >= 0.6 is 0 Å². The lowest BCUT2D eigenvalue weighted by Crippen LogP contribution is -2.41. The molecule has 30 heavy (non-hydrogen) atoms. The van der Waals surface area contributed by atoms with E-state index in [1.807, 2.05) is 6.21 Å². The van der Waals surface area contributed by atoms with Crippen molar-refractivity contribution in [2.75, 3.05) is 39.3 Å². The van der Waals surface area contributed by atoms with Gasteiger partial charge in [0.2, 0.25) is 0 Å². The molecule has 162 valence electrons. The standard InChI is InChI=1S/C22H30N4O4/c27-22(28)16-29-19-7-11-25(12-8-19)15-20-13-21(24-30-20)18-5-3-17(4-6-18)14-23-26-9-1-2-10-26/h3-6,14,19-20H,1-2,7-13,15-16H2,(H,27,28)/b23-14+. The number of oxime groups is 1. The van der Waals surface area contributed by atoms with Crippen molar-refractivity contribution >= 4 is 17.9 Å². The number of likely N-dealkylation sites (tertiary alicyclic amines) is 1. The summed E-state index contributed by atoms with van der Waals surface area (Å²) in [6.07, 6.45) is 7.00. The third kappa shape index (κ3) is 5.79. The summed E-state index contributed by atoms with van der Waals surface area (Å²) < 4.78 is 5.40. The predicted octanol–water partition coefficient (Wildman–Crippen LogP) is 2.17. The Labute approximate surface area is 177 Å². The van der Waals surface area contributed by atoms with Gasteiger partial charge in [0.05, 0.1) is 18.0 Å². The Hall–Kier alpha value is -2.45. The predicted molar refractivity (Wildman–Crippen MR) is 114 cm³/mol. The number of nitrogens with zero attached hydrogens (tertiary/aromatic N) is 4. The normalized spacial score (nSPS) is 23.1. The smallest absolute Gasteiger partial charge is 0.329 e. The maximum atomic E-state index is 10.6. The lowest BCUT2D eigenvalue weighted by molar-refractivity contribution is -0.145. The number of rotatable bonds is 8. The number of hydrazone groups is 1. The maximum Gasteiger partial charge on any atom is 0.329 e. The van der Waals surface area contributed by atoms with E-state index in [1.165, 1.54) is 12.8 Å². The van der Waals surface area contributed by atoms with Crippen LogP contribution in [0.4, 0.5) is 0 Å². The van der Waals surface area contributed by atoms with E-state index in [0.29, 0.717) is 0 Å². The van der Waals surface area contributed by atoms with Gasteiger partial charge in [-0.25, -0.2) is 4.79 Å². The Morgan fingerprint density at radius 3 is 2.63 bits per heavy atom. The Bertz CT molecular complexity index is 766. The molecular weight excluding hydrogens is 384 g/mol. The van der Waals surface area contributed by atoms with Gasteiger partial charge in [-0.2, -0.15) is 5.10 Å². The van der Waals surface area contributed by atoms with Gasteiger partial charge in [0, 0.05) is 39.1 Å². The third-order valence-corrected chi connectivity index (χ3v) is 5.87. The van der Waals surface area contributed by atoms with Crippen LogP contribution in [-0.2, 0) is 14.4 Å². The minimum Gasteiger partial charge on any atom is -0.480 e. The summed E-state index contributed by atoms with van der Waals surface area (Å²) in [6.45, 7) is 4.51. The van der Waals surface area contributed by atoms with Crippen LogP contribution in [0.1, 0.15) is 43.2 Å². The molecule has 0 spiro atoms. The second-order valence-electron chi connectivity index (χ2n) is 8.20. The van der Waals surface area contributed by atoms with E-state index in [9.17, 15) is 4.79 Å². The van der Waals surface area contributed by atoms with Gasteiger partial charge in [0.15, 0.2) is 0 Å². The quantitative estimate of drug-likeness (QED) is 0.656. The summed E-state index contributed by atoms with van der Waals surface area (Å²) in [6, 6.07) is 8.32. The number of ether oxygens (including phenoxy) is 1. The second-order valence-corrected chi connectivity index (χ2v) is 8.20. The molecule has 8 heteroatoms. The third-order valence-electron chi connectivity index (χ3n) is 5.87. The van der Waals surface area contributed by atoms with Crippen LogP contribution in [-0.4, -0.2) is 84.4 Å². The molecule has 0 aliphatic carbocycles. The van der Waals surface area contributed by atoms with Crippen molar-refractivity contribution < 1.29 is 19.5 Å². The second kappa shape index (κ2) is 10.0. The maximum absolute atomic E-state index is 10.6. The number of hydrogen-bond donors (Lipinski definition) is 1. The average Bonchev–Trinajstić information content (AvgIpc) is 3.44. The molecule has 3 aliphatic rings. The summed E-state index contributed by atoms with van der Waals surface area (Å²) in [5, 5.41) is 19.7. The van der Waals surface area contributed by atoms with Crippen molar-refractivity contribution in [1.29, 1.82) is 0 Å². The molecule has 0 radical (unpaired) electrons. The van der Waals surface area contributed by atoms with Crippen molar-refractivity contribution in [1.82, 2.24) is 9.91 Å². The molecule has 1 N–H and O–H groups in total. The SMILES string of the molecule is O=C(O)COC1CCN(CC2CC(c3ccc(/C=N/N4CCCC4)cc3)=NO2)CC1. The number of piperidine rings is 1. The highest BCUT2D eigenvalue weighted by molar-refractivity contribution is 6.01. The van der Waals surface area contributed by atoms with Crippen molar-refractivity contribution in [2.24, 2.45) is 10.3 Å². The Morgan fingerprint density at radius 1 is 1.20 bits per heavy atom. The van der Waals surface area contributed by atoms with Crippen molar-refractivity contribution in [3.05, 3.63) is 35.4 Å². The number of aliphatic carboxylic acids is 1. The first kappa shape index (κ1) is 20.8. The van der Waals surface area contributed by atoms with Crippen LogP contribution < -0.4 is 0 Å². The highest BCUT2D eigenvalue weighted by Crippen LogP contribution is 2.20. The van der Waals surface area contributed by atoms with E-state index in [1.54, 1.807) is 0 Å². The first-order valence-corrected chi connectivity index (χ1v) is 10.8. The number of carbonyl (C=O) groups is 1. The van der Waals surface area contributed by atoms with E-state index in [4.69, 9.17) is 14.7 Å². The zero-order chi connectivity index (χ0) is 20.8. The Balaban J connectivity index is 1.20. The lowest BCUT2D eigenvalue weighted by atomic mass is 10.0. The summed E-state index contributed by atoms with van der Waals surface area (Å²) in [5.74, 6) is -0.909. The molecule has 1 atom stereocenters. The first-order valence-electron chi connectivity index (χ1n) is 10.8. The summed E-state index contributed by atoms with van der Waals surface area (Å²) in [5.41, 5.74) is 3.18. The fourth-order valence-corrected chi connectivity index (χ4v) is 4.16. The van der Waals surface area contributed by atoms with Crippen LogP contribution in [0.25, 0.3) is 0 Å². The molecule has 0 saturated carbocycles. The van der Waals surface area contributed by atoms with Crippen LogP contribution in [0.3, 0.4) is 0 Å². The van der Waals surface area contributed by atoms with Crippen molar-refractivity contribution in [3.8, 4) is 0 Å². The lowest BCUT2D eigenvalue weighted by Gasteiger charge is -2.32. The van der Waals surface area contributed by atoms with Gasteiger partial charge >= 0.3 is 5.97 Å². The number of carboxylic acids is 1. The zero-order valence-corrected chi connectivity index (χ0v) is 17.3. The molecule has 2 saturated heterocycles. The molecule has 3 aliphatic heterocycles. The molecule has 0 bridgehead atoms. The van der Waals surface area contributed by atoms with Crippen molar-refractivity contribution in [3.63, 3.8) is 0 Å². The highest BCUT2D eigenvalue weighted by atomic mass is 16.6. The summed E-state index contributed by atoms with van der Waals surface area (Å²) in [7, 11) is 0. The molecule has 4 rings (SSSR count). The van der Waals surface area contributed by atoms with Gasteiger partial charge in [-0.15, -0.1) is 0 Å². The van der Waals surface area contributed by atoms with Crippen LogP contribution in [0.2, 0.25) is 0 Å². The molecule has 1 unspecified atom stereocenters. The minimum absolute atomic E-state index is 0.0428. The van der Waals surface area contributed by atoms with E-state index in [0.717, 1.165) is 68.8 Å². The van der Waals surface area contributed by atoms with Crippen LogP contribution in [0, 0.1) is 0 Å². The van der Waals surface area contributed by atoms with Crippen molar-refractivity contribution in [2.45, 2.75) is 44.3 Å². The monoisotopic (exact) mass is 414 g/mol. The summed E-state index contributed by atoms with van der Waals surface area (Å²) in [4.78, 5) is 18.6. The fourth-order valence-electron chi connectivity index (χ4n) is 4.16. The molecule has 0 aromatic heterocycles. The molecule has 0 amide bonds. The van der Waals surface area contributed by atoms with Gasteiger partial charge < -0.3 is 14.7 Å². The highest BCUT2D eigenvalue weighted by Gasteiger charge is 2.27. The number of carboxylic acid groups (broad SMARTS) is 1. The van der Waals surface area contributed by atoms with Crippen LogP contribution in [0.15, 0.2) is 34.5 Å². The number of benzene rings is 1. The Morgan fingerprint density at radius 2 is 1.93 bits per heavy atom. The largest absolute Gasteiger partial charge is 0.480 e. The number of hydrogen-bond acceptors (Lipinski definition) is 7. The van der Waals surface area contributed by atoms with E-state index >= 15 is 0 Å². The van der Waals surface area contributed by atoms with Gasteiger partial charge in [-0.3, -0.25) is 9.91 Å². The topological polar surface area (TPSA) is 87.0 Å². The van der Waals surface area contributed by atoms with Gasteiger partial charge in [-0.1, -0.05) is 29.4 Å². The molecule has 3 heterocycles.